The number of thioether (sulfide) groups is 1. The second-order valence-electron chi connectivity index (χ2n) is 5.39. The van der Waals surface area contributed by atoms with Crippen LogP contribution in [0.5, 0.6) is 0 Å². The van der Waals surface area contributed by atoms with Crippen molar-refractivity contribution in [3.63, 3.8) is 0 Å². The smallest absolute Gasteiger partial charge is 0.352 e. The first-order valence-corrected chi connectivity index (χ1v) is 8.00. The van der Waals surface area contributed by atoms with E-state index in [2.05, 4.69) is 5.32 Å². The predicted octanol–water partition coefficient (Wildman–Crippen LogP) is 1.34. The van der Waals surface area contributed by atoms with Crippen LogP contribution in [0.1, 0.15) is 17.3 Å². The maximum absolute atomic E-state index is 13.6. The van der Waals surface area contributed by atoms with E-state index in [4.69, 9.17) is 0 Å². The number of carbonyl (C=O) groups excluding carboxylic acids is 2. The molecule has 0 spiro atoms. The van der Waals surface area contributed by atoms with Gasteiger partial charge in [0.15, 0.2) is 0 Å². The molecule has 2 aliphatic rings. The summed E-state index contributed by atoms with van der Waals surface area (Å²) in [6, 6.07) is 1.98. The molecule has 6 nitrogen and oxygen atoms in total. The Bertz CT molecular complexity index is 775. The Morgan fingerprint density at radius 2 is 1.96 bits per heavy atom. The number of hydrogen-bond donors (Lipinski definition) is 2. The number of aliphatic carboxylic acids is 1. The van der Waals surface area contributed by atoms with Gasteiger partial charge in [0.2, 0.25) is 0 Å². The molecule has 0 saturated carbocycles. The number of carbonyl (C=O) groups is 3. The van der Waals surface area contributed by atoms with Gasteiger partial charge < -0.3 is 10.4 Å². The number of benzene rings is 1. The van der Waals surface area contributed by atoms with Crippen molar-refractivity contribution in [1.82, 2.24) is 10.2 Å². The molecule has 1 aromatic carbocycles. The molecule has 2 aliphatic heterocycles. The summed E-state index contributed by atoms with van der Waals surface area (Å²) in [5.74, 6) is -4.57. The summed E-state index contributed by atoms with van der Waals surface area (Å²) < 4.78 is 27.3. The Morgan fingerprint density at radius 3 is 2.54 bits per heavy atom. The van der Waals surface area contributed by atoms with Crippen LogP contribution >= 0.6 is 11.8 Å². The Hall–Kier alpha value is -2.42. The molecule has 0 aliphatic carbocycles. The number of amides is 2. The Morgan fingerprint density at radius 1 is 1.33 bits per heavy atom. The lowest BCUT2D eigenvalue weighted by Gasteiger charge is -2.49. The van der Waals surface area contributed by atoms with Crippen LogP contribution in [0.4, 0.5) is 8.78 Å². The summed E-state index contributed by atoms with van der Waals surface area (Å²) in [6.07, 6.45) is 0. The van der Waals surface area contributed by atoms with Crippen molar-refractivity contribution < 1.29 is 28.3 Å². The van der Waals surface area contributed by atoms with Crippen molar-refractivity contribution in [3.8, 4) is 0 Å². The highest BCUT2D eigenvalue weighted by atomic mass is 32.2. The summed E-state index contributed by atoms with van der Waals surface area (Å²) >= 11 is 1.28. The van der Waals surface area contributed by atoms with E-state index in [0.717, 1.165) is 23.1 Å². The fourth-order valence-corrected chi connectivity index (χ4v) is 4.00. The van der Waals surface area contributed by atoms with Crippen LogP contribution in [0.25, 0.3) is 0 Å². The minimum atomic E-state index is -1.23. The number of carboxylic acids is 1. The molecule has 1 saturated heterocycles. The zero-order chi connectivity index (χ0) is 17.6. The number of hydrogen-bond acceptors (Lipinski definition) is 4. The number of carboxylic acid groups (broad SMARTS) is 1. The molecule has 126 valence electrons. The molecule has 2 atom stereocenters. The lowest BCUT2D eigenvalue weighted by molar-refractivity contribution is -0.148. The van der Waals surface area contributed by atoms with Gasteiger partial charge in [0.1, 0.15) is 34.3 Å². The van der Waals surface area contributed by atoms with Crippen molar-refractivity contribution in [3.05, 3.63) is 46.7 Å². The second-order valence-corrected chi connectivity index (χ2v) is 6.50. The van der Waals surface area contributed by atoms with Gasteiger partial charge in [-0.25, -0.2) is 13.6 Å². The van der Waals surface area contributed by atoms with E-state index < -0.39 is 46.4 Å². The molecule has 9 heteroatoms. The fourth-order valence-electron chi connectivity index (χ4n) is 2.70. The molecule has 1 aromatic rings. The van der Waals surface area contributed by atoms with Gasteiger partial charge >= 0.3 is 5.97 Å². The standard InChI is InChI=1S/C15H12F2N2O4S/c1-6-5-24-14-10(13(21)19(14)11(6)15(22)23)18-12(20)9-7(16)3-2-4-8(9)17/h2-4,10,14H,5H2,1H3,(H,18,20)(H,22,23)/t10-,14-/m1/s1. The van der Waals surface area contributed by atoms with Crippen LogP contribution in [-0.4, -0.2) is 45.0 Å². The van der Waals surface area contributed by atoms with Gasteiger partial charge in [-0.15, -0.1) is 11.8 Å². The molecule has 2 amide bonds. The van der Waals surface area contributed by atoms with Crippen molar-refractivity contribution in [2.24, 2.45) is 0 Å². The van der Waals surface area contributed by atoms with Crippen LogP contribution in [-0.2, 0) is 9.59 Å². The van der Waals surface area contributed by atoms with Crippen molar-refractivity contribution in [2.75, 3.05) is 5.75 Å². The first-order chi connectivity index (χ1) is 11.3. The molecule has 1 fully saturated rings. The average Bonchev–Trinajstić information content (AvgIpc) is 2.51. The highest BCUT2D eigenvalue weighted by Crippen LogP contribution is 2.40. The van der Waals surface area contributed by atoms with Crippen molar-refractivity contribution >= 4 is 29.5 Å². The summed E-state index contributed by atoms with van der Waals surface area (Å²) in [5, 5.41) is 10.9. The summed E-state index contributed by atoms with van der Waals surface area (Å²) in [5.41, 5.74) is -0.330. The van der Waals surface area contributed by atoms with E-state index in [1.54, 1.807) is 6.92 Å². The lowest BCUT2D eigenvalue weighted by Crippen LogP contribution is -2.70. The third-order valence-corrected chi connectivity index (χ3v) is 5.26. The third-order valence-electron chi connectivity index (χ3n) is 3.84. The van der Waals surface area contributed by atoms with E-state index >= 15 is 0 Å². The molecular formula is C15H12F2N2O4S. The van der Waals surface area contributed by atoms with Crippen molar-refractivity contribution in [1.29, 1.82) is 0 Å². The Balaban J connectivity index is 1.81. The van der Waals surface area contributed by atoms with Gasteiger partial charge in [-0.2, -0.15) is 0 Å². The minimum absolute atomic E-state index is 0.105. The van der Waals surface area contributed by atoms with Crippen molar-refractivity contribution in [2.45, 2.75) is 18.3 Å². The van der Waals surface area contributed by atoms with Gasteiger partial charge in [-0.3, -0.25) is 14.5 Å². The normalized spacial score (nSPS) is 22.8. The molecule has 2 heterocycles. The van der Waals surface area contributed by atoms with Gasteiger partial charge in [-0.1, -0.05) is 6.07 Å². The first kappa shape index (κ1) is 16.4. The number of nitrogens with one attached hydrogen (secondary N) is 1. The van der Waals surface area contributed by atoms with Crippen LogP contribution in [0.2, 0.25) is 0 Å². The molecule has 0 aromatic heterocycles. The largest absolute Gasteiger partial charge is 0.477 e. The lowest BCUT2D eigenvalue weighted by atomic mass is 10.0. The van der Waals surface area contributed by atoms with E-state index in [9.17, 15) is 28.3 Å². The number of β-lactam (4-membered cyclic amide) rings is 1. The summed E-state index contributed by atoms with van der Waals surface area (Å²) in [7, 11) is 0. The highest BCUT2D eigenvalue weighted by molar-refractivity contribution is 8.00. The third kappa shape index (κ3) is 2.44. The van der Waals surface area contributed by atoms with Gasteiger partial charge in [0.25, 0.3) is 11.8 Å². The van der Waals surface area contributed by atoms with Crippen LogP contribution < -0.4 is 5.32 Å². The Kier molecular flexibility index (Phi) is 4.04. The van der Waals surface area contributed by atoms with E-state index in [-0.39, 0.29) is 5.70 Å². The van der Waals surface area contributed by atoms with Gasteiger partial charge in [0.05, 0.1) is 0 Å². The zero-order valence-electron chi connectivity index (χ0n) is 12.4. The maximum Gasteiger partial charge on any atom is 0.352 e. The van der Waals surface area contributed by atoms with Crippen LogP contribution in [0, 0.1) is 11.6 Å². The molecule has 0 unspecified atom stereocenters. The predicted molar refractivity (Wildman–Crippen MR) is 81.0 cm³/mol. The molecule has 0 radical (unpaired) electrons. The minimum Gasteiger partial charge on any atom is -0.477 e. The molecule has 24 heavy (non-hydrogen) atoms. The molecule has 0 bridgehead atoms. The number of rotatable bonds is 3. The molecule has 3 rings (SSSR count). The number of nitrogens with zero attached hydrogens (tertiary/aromatic N) is 1. The summed E-state index contributed by atoms with van der Waals surface area (Å²) in [4.78, 5) is 36.7. The zero-order valence-corrected chi connectivity index (χ0v) is 13.2. The topological polar surface area (TPSA) is 86.7 Å². The number of fused-ring (bicyclic) bond motifs is 1. The van der Waals surface area contributed by atoms with Gasteiger partial charge in [0, 0.05) is 5.75 Å². The SMILES string of the molecule is CC1=C(C(=O)O)N2C(=O)[C@@H](NC(=O)c3c(F)cccc3F)[C@H]2SC1. The number of halogens is 2. The van der Waals surface area contributed by atoms with Crippen LogP contribution in [0.15, 0.2) is 29.5 Å². The average molecular weight is 354 g/mol. The van der Waals surface area contributed by atoms with E-state index in [1.807, 2.05) is 0 Å². The van der Waals surface area contributed by atoms with Crippen LogP contribution in [0.3, 0.4) is 0 Å². The molecular weight excluding hydrogens is 342 g/mol. The second kappa shape index (κ2) is 5.90. The quantitative estimate of drug-likeness (QED) is 0.800. The highest BCUT2D eigenvalue weighted by Gasteiger charge is 2.53. The Labute approximate surface area is 139 Å². The van der Waals surface area contributed by atoms with E-state index in [1.165, 1.54) is 11.8 Å². The molecule has 2 N–H and O–H groups in total. The summed E-state index contributed by atoms with van der Waals surface area (Å²) in [6.45, 7) is 1.61. The monoisotopic (exact) mass is 354 g/mol. The first-order valence-electron chi connectivity index (χ1n) is 6.95. The fraction of sp³-hybridized carbons (Fsp3) is 0.267. The van der Waals surface area contributed by atoms with E-state index in [0.29, 0.717) is 11.3 Å². The van der Waals surface area contributed by atoms with Gasteiger partial charge in [-0.05, 0) is 24.6 Å². The maximum atomic E-state index is 13.6.